The average molecular weight is 374 g/mol. The van der Waals surface area contributed by atoms with Crippen LogP contribution in [0.2, 0.25) is 0 Å². The maximum absolute atomic E-state index is 13.0. The third-order valence-electron chi connectivity index (χ3n) is 4.51. The average Bonchev–Trinajstić information content (AvgIpc) is 2.69. The fraction of sp³-hybridized carbons (Fsp3) is 0.261. The van der Waals surface area contributed by atoms with Gasteiger partial charge in [0.15, 0.2) is 0 Å². The number of aromatic nitrogens is 2. The molecule has 28 heavy (non-hydrogen) atoms. The molecule has 0 aliphatic heterocycles. The van der Waals surface area contributed by atoms with Crippen molar-refractivity contribution in [3.63, 3.8) is 0 Å². The number of urea groups is 1. The molecule has 0 bridgehead atoms. The van der Waals surface area contributed by atoms with Crippen molar-refractivity contribution >= 4 is 11.7 Å². The SMILES string of the molecule is CC(C)(C)c1ccc(NC(=O)N(Cc2ccncc2)Cc2cccnc2)cc1. The Morgan fingerprint density at radius 3 is 2.18 bits per heavy atom. The van der Waals surface area contributed by atoms with E-state index in [2.05, 4.69) is 48.2 Å². The van der Waals surface area contributed by atoms with E-state index in [1.54, 1.807) is 29.7 Å². The Kier molecular flexibility index (Phi) is 6.04. The van der Waals surface area contributed by atoms with Gasteiger partial charge in [0.1, 0.15) is 0 Å². The van der Waals surface area contributed by atoms with Crippen LogP contribution in [0.4, 0.5) is 10.5 Å². The number of benzene rings is 1. The minimum absolute atomic E-state index is 0.0796. The molecule has 0 aliphatic carbocycles. The maximum atomic E-state index is 13.0. The van der Waals surface area contributed by atoms with Crippen LogP contribution in [0.3, 0.4) is 0 Å². The molecular formula is C23H26N4O. The van der Waals surface area contributed by atoms with Crippen molar-refractivity contribution in [2.24, 2.45) is 0 Å². The number of hydrogen-bond acceptors (Lipinski definition) is 3. The smallest absolute Gasteiger partial charge is 0.316 e. The van der Waals surface area contributed by atoms with E-state index in [1.807, 2.05) is 36.4 Å². The number of carbonyl (C=O) groups excluding carboxylic acids is 1. The van der Waals surface area contributed by atoms with E-state index in [9.17, 15) is 4.79 Å². The lowest BCUT2D eigenvalue weighted by Gasteiger charge is -2.24. The second kappa shape index (κ2) is 8.65. The molecule has 0 aliphatic rings. The van der Waals surface area contributed by atoms with Crippen molar-refractivity contribution in [3.8, 4) is 0 Å². The zero-order valence-electron chi connectivity index (χ0n) is 16.6. The Labute approximate surface area is 166 Å². The van der Waals surface area contributed by atoms with E-state index in [0.29, 0.717) is 13.1 Å². The van der Waals surface area contributed by atoms with Crippen molar-refractivity contribution in [1.82, 2.24) is 14.9 Å². The molecule has 1 aromatic carbocycles. The molecule has 144 valence electrons. The van der Waals surface area contributed by atoms with E-state index in [4.69, 9.17) is 0 Å². The first-order valence-corrected chi connectivity index (χ1v) is 9.36. The van der Waals surface area contributed by atoms with Crippen LogP contribution in [0, 0.1) is 0 Å². The number of nitrogens with one attached hydrogen (secondary N) is 1. The van der Waals surface area contributed by atoms with Gasteiger partial charge >= 0.3 is 6.03 Å². The number of carbonyl (C=O) groups is 1. The summed E-state index contributed by atoms with van der Waals surface area (Å²) in [6, 6.07) is 15.6. The Morgan fingerprint density at radius 1 is 0.893 bits per heavy atom. The predicted molar refractivity (Wildman–Crippen MR) is 112 cm³/mol. The van der Waals surface area contributed by atoms with Crippen LogP contribution < -0.4 is 5.32 Å². The van der Waals surface area contributed by atoms with Crippen molar-refractivity contribution < 1.29 is 4.79 Å². The van der Waals surface area contributed by atoms with Gasteiger partial charge in [-0.25, -0.2) is 4.79 Å². The van der Waals surface area contributed by atoms with Crippen LogP contribution in [0.25, 0.3) is 0 Å². The van der Waals surface area contributed by atoms with Gasteiger partial charge in [0, 0.05) is 43.6 Å². The topological polar surface area (TPSA) is 58.1 Å². The highest BCUT2D eigenvalue weighted by atomic mass is 16.2. The molecule has 0 spiro atoms. The zero-order valence-corrected chi connectivity index (χ0v) is 16.6. The number of rotatable bonds is 5. The lowest BCUT2D eigenvalue weighted by Crippen LogP contribution is -2.34. The third kappa shape index (κ3) is 5.39. The number of nitrogens with zero attached hydrogens (tertiary/aromatic N) is 3. The van der Waals surface area contributed by atoms with Gasteiger partial charge in [0.2, 0.25) is 0 Å². The number of amides is 2. The first kappa shape index (κ1) is 19.5. The molecule has 2 aromatic heterocycles. The van der Waals surface area contributed by atoms with Gasteiger partial charge in [-0.2, -0.15) is 0 Å². The normalized spacial score (nSPS) is 11.1. The second-order valence-corrected chi connectivity index (χ2v) is 7.83. The monoisotopic (exact) mass is 374 g/mol. The third-order valence-corrected chi connectivity index (χ3v) is 4.51. The van der Waals surface area contributed by atoms with Crippen molar-refractivity contribution in [3.05, 3.63) is 90.0 Å². The molecule has 3 aromatic rings. The van der Waals surface area contributed by atoms with E-state index in [1.165, 1.54) is 5.56 Å². The van der Waals surface area contributed by atoms with Gasteiger partial charge in [0.25, 0.3) is 0 Å². The minimum atomic E-state index is -0.149. The zero-order chi connectivity index (χ0) is 20.0. The summed E-state index contributed by atoms with van der Waals surface area (Å²) in [6.07, 6.45) is 6.99. The van der Waals surface area contributed by atoms with Gasteiger partial charge in [-0.05, 0) is 52.4 Å². The van der Waals surface area contributed by atoms with Crippen LogP contribution in [0.1, 0.15) is 37.5 Å². The summed E-state index contributed by atoms with van der Waals surface area (Å²) in [5, 5.41) is 3.01. The van der Waals surface area contributed by atoms with Crippen molar-refractivity contribution in [2.45, 2.75) is 39.3 Å². The molecule has 0 saturated heterocycles. The van der Waals surface area contributed by atoms with Crippen LogP contribution in [0.15, 0.2) is 73.3 Å². The Bertz CT molecular complexity index is 846. The summed E-state index contributed by atoms with van der Waals surface area (Å²) < 4.78 is 0. The molecule has 0 unspecified atom stereocenters. The van der Waals surface area contributed by atoms with Crippen molar-refractivity contribution in [2.75, 3.05) is 5.32 Å². The van der Waals surface area contributed by atoms with E-state index in [0.717, 1.165) is 16.8 Å². The molecule has 0 radical (unpaired) electrons. The quantitative estimate of drug-likeness (QED) is 0.683. The first-order chi connectivity index (χ1) is 13.4. The van der Waals surface area contributed by atoms with Crippen LogP contribution in [0.5, 0.6) is 0 Å². The molecular weight excluding hydrogens is 348 g/mol. The van der Waals surface area contributed by atoms with Gasteiger partial charge in [0.05, 0.1) is 0 Å². The Morgan fingerprint density at radius 2 is 1.57 bits per heavy atom. The Balaban J connectivity index is 1.75. The van der Waals surface area contributed by atoms with Crippen LogP contribution >= 0.6 is 0 Å². The molecule has 2 heterocycles. The summed E-state index contributed by atoms with van der Waals surface area (Å²) in [7, 11) is 0. The molecule has 0 fully saturated rings. The van der Waals surface area contributed by atoms with Gasteiger partial charge < -0.3 is 10.2 Å². The number of hydrogen-bond donors (Lipinski definition) is 1. The molecule has 0 atom stereocenters. The number of pyridine rings is 2. The van der Waals surface area contributed by atoms with Gasteiger partial charge in [-0.3, -0.25) is 9.97 Å². The predicted octanol–water partition coefficient (Wildman–Crippen LogP) is 5.01. The Hall–Kier alpha value is -3.21. The highest BCUT2D eigenvalue weighted by molar-refractivity contribution is 5.89. The summed E-state index contributed by atoms with van der Waals surface area (Å²) in [6.45, 7) is 7.48. The summed E-state index contributed by atoms with van der Waals surface area (Å²) in [4.78, 5) is 23.0. The molecule has 1 N–H and O–H groups in total. The highest BCUT2D eigenvalue weighted by Crippen LogP contribution is 2.23. The number of anilines is 1. The van der Waals surface area contributed by atoms with Crippen LogP contribution in [-0.2, 0) is 18.5 Å². The summed E-state index contributed by atoms with van der Waals surface area (Å²) in [5.74, 6) is 0. The highest BCUT2D eigenvalue weighted by Gasteiger charge is 2.17. The van der Waals surface area contributed by atoms with E-state index >= 15 is 0 Å². The molecule has 2 amide bonds. The van der Waals surface area contributed by atoms with Gasteiger partial charge in [-0.15, -0.1) is 0 Å². The fourth-order valence-electron chi connectivity index (χ4n) is 2.88. The summed E-state index contributed by atoms with van der Waals surface area (Å²) in [5.41, 5.74) is 4.10. The first-order valence-electron chi connectivity index (χ1n) is 9.36. The minimum Gasteiger partial charge on any atom is -0.316 e. The van der Waals surface area contributed by atoms with E-state index < -0.39 is 0 Å². The van der Waals surface area contributed by atoms with Gasteiger partial charge in [-0.1, -0.05) is 39.0 Å². The lowest BCUT2D eigenvalue weighted by atomic mass is 9.87. The largest absolute Gasteiger partial charge is 0.322 e. The molecule has 5 nitrogen and oxygen atoms in total. The molecule has 0 saturated carbocycles. The standard InChI is InChI=1S/C23H26N4O/c1-23(2,3)20-6-8-21(9-7-20)26-22(28)27(16-18-10-13-24-14-11-18)17-19-5-4-12-25-15-19/h4-15H,16-17H2,1-3H3,(H,26,28). The van der Waals surface area contributed by atoms with E-state index in [-0.39, 0.29) is 11.4 Å². The van der Waals surface area contributed by atoms with Crippen LogP contribution in [-0.4, -0.2) is 20.9 Å². The lowest BCUT2D eigenvalue weighted by molar-refractivity contribution is 0.206. The van der Waals surface area contributed by atoms with Crippen molar-refractivity contribution in [1.29, 1.82) is 0 Å². The molecule has 5 heteroatoms. The molecule has 3 rings (SSSR count). The maximum Gasteiger partial charge on any atom is 0.322 e. The fourth-order valence-corrected chi connectivity index (χ4v) is 2.88. The summed E-state index contributed by atoms with van der Waals surface area (Å²) >= 11 is 0. The second-order valence-electron chi connectivity index (χ2n) is 7.83.